The van der Waals surface area contributed by atoms with Gasteiger partial charge in [0, 0.05) is 24.5 Å². The molecule has 1 heterocycles. The molecular formula is C53H102N+. The first-order valence-electron chi connectivity index (χ1n) is 25.8. The van der Waals surface area contributed by atoms with Gasteiger partial charge in [0.2, 0.25) is 0 Å². The average Bonchev–Trinajstić information content (AvgIpc) is 3.18. The van der Waals surface area contributed by atoms with Gasteiger partial charge in [0.1, 0.15) is 6.54 Å². The van der Waals surface area contributed by atoms with Crippen LogP contribution < -0.4 is 4.57 Å². The fourth-order valence-electron chi connectivity index (χ4n) is 8.91. The van der Waals surface area contributed by atoms with Crippen molar-refractivity contribution >= 4 is 0 Å². The summed E-state index contributed by atoms with van der Waals surface area (Å²) in [4.78, 5) is 0. The summed E-state index contributed by atoms with van der Waals surface area (Å²) in [6.07, 6.45) is 63.8. The summed E-state index contributed by atoms with van der Waals surface area (Å²) in [6.45, 7) is 10.6. The molecule has 0 saturated heterocycles. The van der Waals surface area contributed by atoms with Gasteiger partial charge in [-0.2, -0.15) is 0 Å². The van der Waals surface area contributed by atoms with Crippen molar-refractivity contribution in [1.82, 2.24) is 0 Å². The van der Waals surface area contributed by atoms with E-state index in [-0.39, 0.29) is 0 Å². The van der Waals surface area contributed by atoms with Crippen LogP contribution >= 0.6 is 0 Å². The van der Waals surface area contributed by atoms with E-state index in [1.807, 2.05) is 0 Å². The maximum Gasteiger partial charge on any atom is 0.184 e. The van der Waals surface area contributed by atoms with E-state index < -0.39 is 0 Å². The van der Waals surface area contributed by atoms with E-state index in [4.69, 9.17) is 0 Å². The summed E-state index contributed by atoms with van der Waals surface area (Å²) in [7, 11) is 0. The lowest BCUT2D eigenvalue weighted by atomic mass is 9.92. The molecule has 0 atom stereocenters. The first-order chi connectivity index (χ1) is 26.8. The van der Waals surface area contributed by atoms with Crippen LogP contribution in [0.4, 0.5) is 0 Å². The molecule has 0 fully saturated rings. The summed E-state index contributed by atoms with van der Waals surface area (Å²) < 4.78 is 2.77. The molecular weight excluding hydrogens is 651 g/mol. The number of pyridine rings is 1. The maximum atomic E-state index is 2.77. The van der Waals surface area contributed by atoms with E-state index in [1.165, 1.54) is 283 Å². The Bertz CT molecular complexity index is 801. The van der Waals surface area contributed by atoms with E-state index >= 15 is 0 Å². The highest BCUT2D eigenvalue weighted by Crippen LogP contribution is 2.23. The highest BCUT2D eigenvalue weighted by Gasteiger charge is 2.20. The summed E-state index contributed by atoms with van der Waals surface area (Å²) in [6, 6.07) is 2.59. The van der Waals surface area contributed by atoms with Crippen LogP contribution in [0.15, 0.2) is 12.3 Å². The van der Waals surface area contributed by atoms with Gasteiger partial charge in [-0.3, -0.25) is 0 Å². The second-order valence-electron chi connectivity index (χ2n) is 17.9. The summed E-state index contributed by atoms with van der Waals surface area (Å²) >= 11 is 0. The molecule has 0 radical (unpaired) electrons. The van der Waals surface area contributed by atoms with Gasteiger partial charge < -0.3 is 0 Å². The number of aromatic nitrogens is 1. The minimum Gasteiger partial charge on any atom is -0.202 e. The zero-order valence-corrected chi connectivity index (χ0v) is 38.2. The van der Waals surface area contributed by atoms with Crippen LogP contribution in [0.25, 0.3) is 0 Å². The molecule has 0 N–H and O–H groups in total. The lowest BCUT2D eigenvalue weighted by molar-refractivity contribution is -0.705. The molecule has 1 nitrogen and oxygen atoms in total. The molecule has 318 valence electrons. The van der Waals surface area contributed by atoms with Gasteiger partial charge in [0.25, 0.3) is 0 Å². The Morgan fingerprint density at radius 3 is 0.926 bits per heavy atom. The fraction of sp³-hybridized carbons (Fsp3) is 0.906. The van der Waals surface area contributed by atoms with E-state index in [0.717, 1.165) is 0 Å². The van der Waals surface area contributed by atoms with Crippen LogP contribution in [0.3, 0.4) is 0 Å². The molecule has 1 rings (SSSR count). The van der Waals surface area contributed by atoms with E-state index in [1.54, 1.807) is 16.8 Å². The molecule has 1 aromatic rings. The minimum absolute atomic E-state index is 1.24. The Morgan fingerprint density at radius 2 is 0.574 bits per heavy atom. The molecule has 54 heavy (non-hydrogen) atoms. The smallest absolute Gasteiger partial charge is 0.184 e. The minimum atomic E-state index is 1.24. The molecule has 0 aromatic carbocycles. The number of hydrogen-bond donors (Lipinski definition) is 0. The van der Waals surface area contributed by atoms with Crippen molar-refractivity contribution in [3.63, 3.8) is 0 Å². The molecule has 0 aliphatic carbocycles. The first-order valence-corrected chi connectivity index (χ1v) is 25.8. The number of nitrogens with zero attached hydrogens (tertiary/aromatic N) is 1. The van der Waals surface area contributed by atoms with Crippen molar-refractivity contribution < 1.29 is 4.57 Å². The van der Waals surface area contributed by atoms with Gasteiger partial charge in [-0.15, -0.1) is 0 Å². The van der Waals surface area contributed by atoms with Crippen molar-refractivity contribution in [2.45, 2.75) is 310 Å². The topological polar surface area (TPSA) is 3.88 Å². The Balaban J connectivity index is 2.82. The second-order valence-corrected chi connectivity index (χ2v) is 17.9. The second kappa shape index (κ2) is 41.8. The fourth-order valence-corrected chi connectivity index (χ4v) is 8.91. The highest BCUT2D eigenvalue weighted by atomic mass is 15.0. The molecule has 1 aromatic heterocycles. The Labute approximate surface area is 342 Å². The molecule has 0 bridgehead atoms. The highest BCUT2D eigenvalue weighted by molar-refractivity contribution is 5.28. The number of hydrogen-bond acceptors (Lipinski definition) is 0. The number of rotatable bonds is 44. The Morgan fingerprint density at radius 1 is 0.296 bits per heavy atom. The van der Waals surface area contributed by atoms with Crippen LogP contribution in [0.5, 0.6) is 0 Å². The maximum absolute atomic E-state index is 2.77. The summed E-state index contributed by atoms with van der Waals surface area (Å²) in [5, 5.41) is 0. The normalized spacial score (nSPS) is 11.6. The molecule has 0 unspecified atom stereocenters. The molecule has 0 aliphatic heterocycles. The van der Waals surface area contributed by atoms with Crippen molar-refractivity contribution in [3.05, 3.63) is 29.1 Å². The van der Waals surface area contributed by atoms with Crippen LogP contribution in [0.2, 0.25) is 0 Å². The van der Waals surface area contributed by atoms with E-state index in [2.05, 4.69) is 44.5 Å². The third-order valence-electron chi connectivity index (χ3n) is 12.6. The zero-order chi connectivity index (χ0) is 38.8. The standard InChI is InChI=1S/C53H102N/c1-5-9-13-17-21-25-29-33-37-41-45-51-48-50-54(49-44-40-36-32-28-24-20-16-12-8-4)53(47-43-39-35-31-27-23-19-15-11-7-3)52(51)46-42-38-34-30-26-22-18-14-10-6-2/h48,50H,5-47,49H2,1-4H3/q+1. The lowest BCUT2D eigenvalue weighted by Gasteiger charge is -2.15. The Hall–Kier alpha value is -0.850. The third-order valence-corrected chi connectivity index (χ3v) is 12.6. The summed E-state index contributed by atoms with van der Waals surface area (Å²) in [5.41, 5.74) is 5.29. The van der Waals surface area contributed by atoms with Crippen molar-refractivity contribution in [2.75, 3.05) is 0 Å². The van der Waals surface area contributed by atoms with Crippen molar-refractivity contribution in [1.29, 1.82) is 0 Å². The van der Waals surface area contributed by atoms with Crippen LogP contribution in [0.1, 0.15) is 301 Å². The van der Waals surface area contributed by atoms with Gasteiger partial charge in [0.15, 0.2) is 11.9 Å². The quantitative estimate of drug-likeness (QED) is 0.0462. The largest absolute Gasteiger partial charge is 0.202 e. The Kier molecular flexibility index (Phi) is 39.6. The van der Waals surface area contributed by atoms with Gasteiger partial charge in [-0.1, -0.05) is 252 Å². The van der Waals surface area contributed by atoms with Crippen LogP contribution in [0, 0.1) is 0 Å². The van der Waals surface area contributed by atoms with Crippen LogP contribution in [-0.4, -0.2) is 0 Å². The zero-order valence-electron chi connectivity index (χ0n) is 38.2. The van der Waals surface area contributed by atoms with Crippen LogP contribution in [-0.2, 0) is 25.8 Å². The molecule has 0 saturated carbocycles. The predicted molar refractivity (Wildman–Crippen MR) is 245 cm³/mol. The predicted octanol–water partition coefficient (Wildman–Crippen LogP) is 18.3. The van der Waals surface area contributed by atoms with E-state index in [9.17, 15) is 0 Å². The molecule has 0 amide bonds. The molecule has 0 spiro atoms. The molecule has 0 aliphatic rings. The molecule has 1 heteroatoms. The average molecular weight is 753 g/mol. The van der Waals surface area contributed by atoms with Crippen molar-refractivity contribution in [2.24, 2.45) is 0 Å². The van der Waals surface area contributed by atoms with Gasteiger partial charge in [0.05, 0.1) is 0 Å². The van der Waals surface area contributed by atoms with Gasteiger partial charge in [-0.05, 0) is 44.1 Å². The first kappa shape index (κ1) is 51.2. The lowest BCUT2D eigenvalue weighted by Crippen LogP contribution is -2.40. The third kappa shape index (κ3) is 31.3. The number of aryl methyl sites for hydroxylation is 2. The van der Waals surface area contributed by atoms with Gasteiger partial charge >= 0.3 is 0 Å². The van der Waals surface area contributed by atoms with E-state index in [0.29, 0.717) is 0 Å². The van der Waals surface area contributed by atoms with Crippen molar-refractivity contribution in [3.8, 4) is 0 Å². The monoisotopic (exact) mass is 753 g/mol. The SMILES string of the molecule is CCCCCCCCCCCCc1cc[n+](CCCCCCCCCCCC)c(CCCCCCCCCCCC)c1CCCCCCCCCCCC. The summed E-state index contributed by atoms with van der Waals surface area (Å²) in [5.74, 6) is 0. The van der Waals surface area contributed by atoms with Gasteiger partial charge in [-0.25, -0.2) is 4.57 Å². The number of unbranched alkanes of at least 4 members (excludes halogenated alkanes) is 36.